The maximum atomic E-state index is 12.5. The Morgan fingerprint density at radius 1 is 1.07 bits per heavy atom. The van der Waals surface area contributed by atoms with E-state index in [-0.39, 0.29) is 12.3 Å². The highest BCUT2D eigenvalue weighted by atomic mass is 16.6. The molecule has 6 N–H and O–H groups in total. The number of anilines is 1. The van der Waals surface area contributed by atoms with Crippen LogP contribution in [-0.2, 0) is 27.2 Å². The molecule has 0 saturated carbocycles. The highest BCUT2D eigenvalue weighted by Crippen LogP contribution is 2.08. The summed E-state index contributed by atoms with van der Waals surface area (Å²) in [5.74, 6) is -0.518. The van der Waals surface area contributed by atoms with Gasteiger partial charge in [0.2, 0.25) is 5.91 Å². The van der Waals surface area contributed by atoms with Crippen molar-refractivity contribution in [2.24, 2.45) is 5.73 Å². The number of pyridine rings is 1. The number of ether oxygens (including phenoxy) is 1. The Kier molecular flexibility index (Phi) is 8.61. The molecule has 9 heteroatoms. The number of benzene rings is 1. The van der Waals surface area contributed by atoms with E-state index in [1.54, 1.807) is 19.2 Å². The Labute approximate surface area is 175 Å². The number of rotatable bonds is 10. The van der Waals surface area contributed by atoms with Crippen molar-refractivity contribution in [3.05, 3.63) is 59.8 Å². The van der Waals surface area contributed by atoms with Crippen molar-refractivity contribution in [1.29, 1.82) is 0 Å². The van der Waals surface area contributed by atoms with Crippen LogP contribution < -0.4 is 22.1 Å². The molecule has 0 bridgehead atoms. The van der Waals surface area contributed by atoms with Crippen LogP contribution in [0.3, 0.4) is 0 Å². The molecule has 2 unspecified atom stereocenters. The molecule has 2 aromatic rings. The first-order chi connectivity index (χ1) is 14.3. The van der Waals surface area contributed by atoms with Crippen LogP contribution in [0.2, 0.25) is 0 Å². The number of aromatic nitrogens is 1. The number of primary amides is 1. The van der Waals surface area contributed by atoms with E-state index in [0.717, 1.165) is 11.1 Å². The van der Waals surface area contributed by atoms with Crippen molar-refractivity contribution in [2.45, 2.75) is 38.3 Å². The van der Waals surface area contributed by atoms with Crippen molar-refractivity contribution in [1.82, 2.24) is 15.6 Å². The van der Waals surface area contributed by atoms with Gasteiger partial charge in [-0.25, -0.2) is 9.78 Å². The van der Waals surface area contributed by atoms with Crippen molar-refractivity contribution in [2.75, 3.05) is 12.3 Å². The van der Waals surface area contributed by atoms with Gasteiger partial charge < -0.3 is 26.8 Å². The number of carbonyl (C=O) groups is 3. The fourth-order valence-electron chi connectivity index (χ4n) is 2.83. The van der Waals surface area contributed by atoms with Crippen LogP contribution in [0.4, 0.5) is 10.6 Å². The summed E-state index contributed by atoms with van der Waals surface area (Å²) in [4.78, 5) is 39.9. The van der Waals surface area contributed by atoms with E-state index in [1.807, 2.05) is 36.4 Å². The first kappa shape index (κ1) is 22.7. The number of nitrogens with zero attached hydrogens (tertiary/aromatic N) is 1. The van der Waals surface area contributed by atoms with Gasteiger partial charge in [0, 0.05) is 12.7 Å². The lowest BCUT2D eigenvalue weighted by atomic mass is 10.1. The van der Waals surface area contributed by atoms with Gasteiger partial charge in [0.25, 0.3) is 5.91 Å². The molecule has 0 radical (unpaired) electrons. The molecule has 0 spiro atoms. The third kappa shape index (κ3) is 7.78. The summed E-state index contributed by atoms with van der Waals surface area (Å²) in [7, 11) is 0. The fourth-order valence-corrected chi connectivity index (χ4v) is 2.83. The quantitative estimate of drug-likeness (QED) is 0.455. The smallest absolute Gasteiger partial charge is 0.405 e. The Bertz CT molecular complexity index is 859. The van der Waals surface area contributed by atoms with Crippen molar-refractivity contribution in [3.8, 4) is 0 Å². The molecule has 2 atom stereocenters. The van der Waals surface area contributed by atoms with Crippen LogP contribution in [0.15, 0.2) is 48.7 Å². The number of nitrogen functional groups attached to an aromatic ring is 1. The molecule has 0 aliphatic heterocycles. The number of hydrogen-bond donors (Lipinski definition) is 4. The van der Waals surface area contributed by atoms with Gasteiger partial charge in [0.05, 0.1) is 0 Å². The number of hydrogen-bond acceptors (Lipinski definition) is 6. The molecule has 1 aromatic heterocycles. The number of aryl methyl sites for hydroxylation is 1. The molecule has 0 saturated heterocycles. The van der Waals surface area contributed by atoms with Crippen LogP contribution in [0, 0.1) is 0 Å². The van der Waals surface area contributed by atoms with Gasteiger partial charge >= 0.3 is 6.09 Å². The Balaban J connectivity index is 1.83. The summed E-state index contributed by atoms with van der Waals surface area (Å²) >= 11 is 0. The topological polar surface area (TPSA) is 149 Å². The minimum absolute atomic E-state index is 0.247. The summed E-state index contributed by atoms with van der Waals surface area (Å²) < 4.78 is 4.94. The van der Waals surface area contributed by atoms with Crippen LogP contribution in [0.25, 0.3) is 0 Å². The van der Waals surface area contributed by atoms with Crippen LogP contribution in [0.5, 0.6) is 0 Å². The van der Waals surface area contributed by atoms with Gasteiger partial charge in [0.1, 0.15) is 11.9 Å². The van der Waals surface area contributed by atoms with Gasteiger partial charge in [-0.15, -0.1) is 0 Å². The molecule has 1 aromatic carbocycles. The second-order valence-electron chi connectivity index (χ2n) is 6.81. The highest BCUT2D eigenvalue weighted by Gasteiger charge is 2.25. The standard InChI is InChI=1S/C21H27N5O4/c1-14(19(27)25-12-10-16-9-11-24-18(22)13-16)26-20(28)17(30-21(23)29)8-7-15-5-3-2-4-6-15/h2-6,9,11,13-14,17H,7-8,10,12H2,1H3,(H2,22,24)(H2,23,29)(H,25,27)(H,26,28). The van der Waals surface area contributed by atoms with Crippen LogP contribution >= 0.6 is 0 Å². The molecule has 0 fully saturated rings. The normalized spacial score (nSPS) is 12.4. The average molecular weight is 413 g/mol. The second kappa shape index (κ2) is 11.4. The van der Waals surface area contributed by atoms with E-state index in [2.05, 4.69) is 15.6 Å². The summed E-state index contributed by atoms with van der Waals surface area (Å²) in [6.45, 7) is 1.92. The first-order valence-corrected chi connectivity index (χ1v) is 9.63. The maximum absolute atomic E-state index is 12.5. The van der Waals surface area contributed by atoms with Crippen LogP contribution in [-0.4, -0.2) is 41.6 Å². The number of nitrogens with two attached hydrogens (primary N) is 2. The zero-order valence-corrected chi connectivity index (χ0v) is 16.8. The van der Waals surface area contributed by atoms with E-state index >= 15 is 0 Å². The second-order valence-corrected chi connectivity index (χ2v) is 6.81. The summed E-state index contributed by atoms with van der Waals surface area (Å²) in [5, 5.41) is 5.31. The Hall–Kier alpha value is -3.62. The fraction of sp³-hybridized carbons (Fsp3) is 0.333. The summed E-state index contributed by atoms with van der Waals surface area (Å²) in [5.41, 5.74) is 12.6. The van der Waals surface area contributed by atoms with Gasteiger partial charge in [-0.3, -0.25) is 9.59 Å². The highest BCUT2D eigenvalue weighted by molar-refractivity contribution is 5.89. The lowest BCUT2D eigenvalue weighted by molar-refractivity contribution is -0.133. The van der Waals surface area contributed by atoms with E-state index < -0.39 is 24.1 Å². The largest absolute Gasteiger partial charge is 0.436 e. The minimum Gasteiger partial charge on any atom is -0.436 e. The van der Waals surface area contributed by atoms with E-state index in [0.29, 0.717) is 25.2 Å². The summed E-state index contributed by atoms with van der Waals surface area (Å²) in [6, 6.07) is 12.2. The molecular formula is C21H27N5O4. The lowest BCUT2D eigenvalue weighted by Crippen LogP contribution is -2.49. The van der Waals surface area contributed by atoms with Gasteiger partial charge in [-0.05, 0) is 49.4 Å². The molecule has 3 amide bonds. The van der Waals surface area contributed by atoms with Crippen molar-refractivity contribution in [3.63, 3.8) is 0 Å². The third-order valence-corrected chi connectivity index (χ3v) is 4.40. The zero-order chi connectivity index (χ0) is 21.9. The van der Waals surface area contributed by atoms with Crippen molar-refractivity contribution < 1.29 is 19.1 Å². The van der Waals surface area contributed by atoms with Crippen molar-refractivity contribution >= 4 is 23.7 Å². The summed E-state index contributed by atoms with van der Waals surface area (Å²) in [6.07, 6.45) is 0.806. The average Bonchev–Trinajstić information content (AvgIpc) is 2.71. The van der Waals surface area contributed by atoms with Gasteiger partial charge in [-0.2, -0.15) is 0 Å². The predicted molar refractivity (Wildman–Crippen MR) is 112 cm³/mol. The lowest BCUT2D eigenvalue weighted by Gasteiger charge is -2.20. The molecule has 1 heterocycles. The number of carbonyl (C=O) groups excluding carboxylic acids is 3. The van der Waals surface area contributed by atoms with Gasteiger partial charge in [-0.1, -0.05) is 30.3 Å². The first-order valence-electron chi connectivity index (χ1n) is 9.63. The third-order valence-electron chi connectivity index (χ3n) is 4.40. The molecule has 0 aliphatic rings. The molecule has 2 rings (SSSR count). The number of nitrogens with one attached hydrogen (secondary N) is 2. The van der Waals surface area contributed by atoms with E-state index in [4.69, 9.17) is 16.2 Å². The predicted octanol–water partition coefficient (Wildman–Crippen LogP) is 0.924. The van der Waals surface area contributed by atoms with E-state index in [1.165, 1.54) is 0 Å². The molecule has 30 heavy (non-hydrogen) atoms. The zero-order valence-electron chi connectivity index (χ0n) is 16.8. The van der Waals surface area contributed by atoms with Gasteiger partial charge in [0.15, 0.2) is 6.10 Å². The Morgan fingerprint density at radius 2 is 1.80 bits per heavy atom. The molecular weight excluding hydrogens is 386 g/mol. The molecule has 9 nitrogen and oxygen atoms in total. The Morgan fingerprint density at radius 3 is 2.47 bits per heavy atom. The maximum Gasteiger partial charge on any atom is 0.405 e. The van der Waals surface area contributed by atoms with Crippen LogP contribution in [0.1, 0.15) is 24.5 Å². The number of amides is 3. The minimum atomic E-state index is -1.09. The van der Waals surface area contributed by atoms with E-state index in [9.17, 15) is 14.4 Å². The molecule has 160 valence electrons. The monoisotopic (exact) mass is 413 g/mol. The SMILES string of the molecule is CC(NC(=O)C(CCc1ccccc1)OC(N)=O)C(=O)NCCc1ccnc(N)c1. The molecule has 0 aliphatic carbocycles.